The van der Waals surface area contributed by atoms with Crippen LogP contribution in [-0.2, 0) is 14.8 Å². The van der Waals surface area contributed by atoms with Gasteiger partial charge in [-0.1, -0.05) is 6.07 Å². The van der Waals surface area contributed by atoms with Crippen LogP contribution in [0.1, 0.15) is 24.1 Å². The number of anilines is 1. The molecule has 3 aromatic rings. The number of rotatable bonds is 10. The Bertz CT molecular complexity index is 1300. The molecular weight excluding hydrogens is 475 g/mol. The Kier molecular flexibility index (Phi) is 8.18. The molecule has 0 aliphatic carbocycles. The molecular formula is C25H27FN2O6S. The minimum Gasteiger partial charge on any atom is -0.493 e. The Morgan fingerprint density at radius 3 is 2.23 bits per heavy atom. The number of ether oxygens (including phenoxy) is 3. The SMILES string of the molecule is COc1ccc(C(C)NC(=O)COc2ccc(S(=O)(=O)Nc3ccc(F)cc3)cc2C)cc1OC. The summed E-state index contributed by atoms with van der Waals surface area (Å²) in [6.45, 7) is 3.26. The highest BCUT2D eigenvalue weighted by Gasteiger charge is 2.17. The van der Waals surface area contributed by atoms with Gasteiger partial charge in [-0.05, 0) is 79.6 Å². The standard InChI is InChI=1S/C25H27FN2O6S/c1-16-13-21(35(30,31)28-20-8-6-19(26)7-9-20)10-12-22(16)34-15-25(29)27-17(2)18-5-11-23(32-3)24(14-18)33-4/h5-14,17,28H,15H2,1-4H3,(H,27,29). The predicted molar refractivity (Wildman–Crippen MR) is 130 cm³/mol. The minimum absolute atomic E-state index is 0.0122. The third-order valence-electron chi connectivity index (χ3n) is 5.20. The van der Waals surface area contributed by atoms with Crippen LogP contribution in [0.4, 0.5) is 10.1 Å². The molecule has 0 saturated heterocycles. The molecule has 0 heterocycles. The molecule has 0 radical (unpaired) electrons. The molecule has 1 atom stereocenters. The summed E-state index contributed by atoms with van der Waals surface area (Å²) in [5, 5.41) is 2.85. The van der Waals surface area contributed by atoms with Crippen LogP contribution in [0.25, 0.3) is 0 Å². The summed E-state index contributed by atoms with van der Waals surface area (Å²) >= 11 is 0. The second-order valence-electron chi connectivity index (χ2n) is 7.73. The summed E-state index contributed by atoms with van der Waals surface area (Å²) in [4.78, 5) is 12.4. The van der Waals surface area contributed by atoms with E-state index >= 15 is 0 Å². The van der Waals surface area contributed by atoms with Gasteiger partial charge >= 0.3 is 0 Å². The minimum atomic E-state index is -3.88. The normalized spacial score (nSPS) is 11.9. The van der Waals surface area contributed by atoms with Crippen molar-refractivity contribution in [2.45, 2.75) is 24.8 Å². The lowest BCUT2D eigenvalue weighted by molar-refractivity contribution is -0.123. The largest absolute Gasteiger partial charge is 0.493 e. The van der Waals surface area contributed by atoms with Crippen molar-refractivity contribution >= 4 is 21.6 Å². The topological polar surface area (TPSA) is 103 Å². The van der Waals surface area contributed by atoms with Gasteiger partial charge < -0.3 is 19.5 Å². The van der Waals surface area contributed by atoms with Crippen molar-refractivity contribution in [3.63, 3.8) is 0 Å². The van der Waals surface area contributed by atoms with Crippen LogP contribution in [0, 0.1) is 12.7 Å². The van der Waals surface area contributed by atoms with Crippen molar-refractivity contribution in [2.24, 2.45) is 0 Å². The molecule has 0 bridgehead atoms. The summed E-state index contributed by atoms with van der Waals surface area (Å²) in [6.07, 6.45) is 0. The van der Waals surface area contributed by atoms with E-state index in [4.69, 9.17) is 14.2 Å². The van der Waals surface area contributed by atoms with Crippen LogP contribution in [0.3, 0.4) is 0 Å². The van der Waals surface area contributed by atoms with Crippen LogP contribution in [-0.4, -0.2) is 35.2 Å². The van der Waals surface area contributed by atoms with Crippen molar-refractivity contribution in [3.05, 3.63) is 77.6 Å². The number of methoxy groups -OCH3 is 2. The number of nitrogens with one attached hydrogen (secondary N) is 2. The number of benzene rings is 3. The van der Waals surface area contributed by atoms with E-state index in [0.717, 1.165) is 17.7 Å². The maximum absolute atomic E-state index is 13.1. The molecule has 1 unspecified atom stereocenters. The highest BCUT2D eigenvalue weighted by atomic mass is 32.2. The van der Waals surface area contributed by atoms with Crippen molar-refractivity contribution in [1.82, 2.24) is 5.32 Å². The van der Waals surface area contributed by atoms with E-state index in [1.807, 2.05) is 13.0 Å². The molecule has 0 aliphatic rings. The number of hydrogen-bond acceptors (Lipinski definition) is 6. The van der Waals surface area contributed by atoms with Crippen LogP contribution in [0.2, 0.25) is 0 Å². The summed E-state index contributed by atoms with van der Waals surface area (Å²) in [5.41, 5.74) is 1.60. The van der Waals surface area contributed by atoms with Gasteiger partial charge in [0.15, 0.2) is 18.1 Å². The van der Waals surface area contributed by atoms with Crippen LogP contribution < -0.4 is 24.2 Å². The Labute approximate surface area is 204 Å². The summed E-state index contributed by atoms with van der Waals surface area (Å²) in [7, 11) is -0.795. The Hall–Kier alpha value is -3.79. The second kappa shape index (κ2) is 11.1. The van der Waals surface area contributed by atoms with Crippen molar-refractivity contribution < 1.29 is 31.8 Å². The number of aryl methyl sites for hydroxylation is 1. The summed E-state index contributed by atoms with van der Waals surface area (Å²) in [6, 6.07) is 14.4. The first-order valence-corrected chi connectivity index (χ1v) is 12.1. The van der Waals surface area contributed by atoms with Gasteiger partial charge in [0.25, 0.3) is 15.9 Å². The second-order valence-corrected chi connectivity index (χ2v) is 9.41. The molecule has 0 spiro atoms. The number of amides is 1. The van der Waals surface area contributed by atoms with Crippen molar-refractivity contribution in [2.75, 3.05) is 25.5 Å². The van der Waals surface area contributed by atoms with E-state index in [1.54, 1.807) is 26.2 Å². The van der Waals surface area contributed by atoms with Crippen molar-refractivity contribution in [1.29, 1.82) is 0 Å². The van der Waals surface area contributed by atoms with E-state index in [0.29, 0.717) is 22.8 Å². The lowest BCUT2D eigenvalue weighted by atomic mass is 10.1. The van der Waals surface area contributed by atoms with Crippen LogP contribution >= 0.6 is 0 Å². The molecule has 1 amide bonds. The Balaban J connectivity index is 1.60. The first-order valence-electron chi connectivity index (χ1n) is 10.7. The Morgan fingerprint density at radius 1 is 0.943 bits per heavy atom. The van der Waals surface area contributed by atoms with Crippen molar-refractivity contribution in [3.8, 4) is 17.2 Å². The number of sulfonamides is 1. The molecule has 3 rings (SSSR count). The van der Waals surface area contributed by atoms with Gasteiger partial charge in [0.2, 0.25) is 0 Å². The molecule has 3 aromatic carbocycles. The predicted octanol–water partition coefficient (Wildman–Crippen LogP) is 4.21. The number of carbonyl (C=O) groups excluding carboxylic acids is 1. The smallest absolute Gasteiger partial charge is 0.261 e. The van der Waals surface area contributed by atoms with Gasteiger partial charge in [-0.3, -0.25) is 9.52 Å². The molecule has 35 heavy (non-hydrogen) atoms. The average molecular weight is 503 g/mol. The molecule has 2 N–H and O–H groups in total. The highest BCUT2D eigenvalue weighted by Crippen LogP contribution is 2.30. The molecule has 0 aromatic heterocycles. The third-order valence-corrected chi connectivity index (χ3v) is 6.58. The number of hydrogen-bond donors (Lipinski definition) is 2. The number of carbonyl (C=O) groups is 1. The van der Waals surface area contributed by atoms with Gasteiger partial charge in [0.1, 0.15) is 11.6 Å². The lowest BCUT2D eigenvalue weighted by Crippen LogP contribution is -2.31. The van der Waals surface area contributed by atoms with Gasteiger partial charge in [0.05, 0.1) is 25.2 Å². The van der Waals surface area contributed by atoms with Gasteiger partial charge in [-0.15, -0.1) is 0 Å². The summed E-state index contributed by atoms with van der Waals surface area (Å²) in [5.74, 6) is 0.710. The zero-order valence-electron chi connectivity index (χ0n) is 19.8. The van der Waals surface area contributed by atoms with E-state index < -0.39 is 15.8 Å². The first-order chi connectivity index (χ1) is 16.6. The molecule has 0 saturated carbocycles. The molecule has 0 fully saturated rings. The van der Waals surface area contributed by atoms with Gasteiger partial charge in [-0.25, -0.2) is 12.8 Å². The van der Waals surface area contributed by atoms with Gasteiger partial charge in [-0.2, -0.15) is 0 Å². The third kappa shape index (κ3) is 6.63. The Morgan fingerprint density at radius 2 is 1.60 bits per heavy atom. The van der Waals surface area contributed by atoms with Gasteiger partial charge in [0, 0.05) is 5.69 Å². The zero-order chi connectivity index (χ0) is 25.6. The van der Waals surface area contributed by atoms with E-state index in [2.05, 4.69) is 10.0 Å². The van der Waals surface area contributed by atoms with E-state index in [1.165, 1.54) is 37.4 Å². The van der Waals surface area contributed by atoms with Crippen LogP contribution in [0.15, 0.2) is 65.6 Å². The monoisotopic (exact) mass is 502 g/mol. The van der Waals surface area contributed by atoms with E-state index in [-0.39, 0.29) is 29.1 Å². The average Bonchev–Trinajstić information content (AvgIpc) is 2.84. The maximum atomic E-state index is 13.1. The van der Waals surface area contributed by atoms with E-state index in [9.17, 15) is 17.6 Å². The molecule has 0 aliphatic heterocycles. The molecule has 8 nitrogen and oxygen atoms in total. The fourth-order valence-corrected chi connectivity index (χ4v) is 4.46. The molecule has 186 valence electrons. The highest BCUT2D eigenvalue weighted by molar-refractivity contribution is 7.92. The fourth-order valence-electron chi connectivity index (χ4n) is 3.31. The first kappa shape index (κ1) is 25.8. The summed E-state index contributed by atoms with van der Waals surface area (Å²) < 4.78 is 56.8. The quantitative estimate of drug-likeness (QED) is 0.431. The fraction of sp³-hybridized carbons (Fsp3) is 0.240. The maximum Gasteiger partial charge on any atom is 0.261 e. The van der Waals surface area contributed by atoms with Crippen LogP contribution in [0.5, 0.6) is 17.2 Å². The number of halogens is 1. The molecule has 10 heteroatoms. The zero-order valence-corrected chi connectivity index (χ0v) is 20.6. The lowest BCUT2D eigenvalue weighted by Gasteiger charge is -2.17.